The van der Waals surface area contributed by atoms with Crippen molar-refractivity contribution in [3.8, 4) is 0 Å². The number of nitrogens with one attached hydrogen (secondary N) is 2. The average Bonchev–Trinajstić information content (AvgIpc) is 2.17. The van der Waals surface area contributed by atoms with Gasteiger partial charge in [0.15, 0.2) is 0 Å². The largest absolute Gasteiger partial charge is 0.370 e. The van der Waals surface area contributed by atoms with Crippen molar-refractivity contribution < 1.29 is 0 Å². The fraction of sp³-hybridized carbons (Fsp3) is 0.500. The lowest BCUT2D eigenvalue weighted by Crippen LogP contribution is -2.22. The summed E-state index contributed by atoms with van der Waals surface area (Å²) in [7, 11) is 0. The van der Waals surface area contributed by atoms with Crippen molar-refractivity contribution in [2.24, 2.45) is 5.41 Å². The van der Waals surface area contributed by atoms with Crippen LogP contribution in [-0.4, -0.2) is 17.2 Å². The Morgan fingerprint density at radius 1 is 1.47 bits per heavy atom. The lowest BCUT2D eigenvalue weighted by Gasteiger charge is -2.21. The van der Waals surface area contributed by atoms with E-state index in [1.807, 2.05) is 39.8 Å². The zero-order chi connectivity index (χ0) is 11.5. The predicted molar refractivity (Wildman–Crippen MR) is 64.7 cm³/mol. The summed E-state index contributed by atoms with van der Waals surface area (Å²) in [6.07, 6.45) is 1.75. The molecule has 0 unspecified atom stereocenters. The highest BCUT2D eigenvalue weighted by Crippen LogP contribution is 2.24. The van der Waals surface area contributed by atoms with Crippen LogP contribution >= 0.6 is 0 Å². The van der Waals surface area contributed by atoms with Gasteiger partial charge in [0.05, 0.1) is 0 Å². The maximum Gasteiger partial charge on any atom is 0.135 e. The fourth-order valence-electron chi connectivity index (χ4n) is 1.32. The molecule has 0 spiro atoms. The second kappa shape index (κ2) is 4.43. The van der Waals surface area contributed by atoms with Crippen LogP contribution in [-0.2, 0) is 0 Å². The third-order valence-electron chi connectivity index (χ3n) is 2.17. The first-order chi connectivity index (χ1) is 6.96. The van der Waals surface area contributed by atoms with Crippen molar-refractivity contribution in [1.82, 2.24) is 4.98 Å². The van der Waals surface area contributed by atoms with Gasteiger partial charge in [0.1, 0.15) is 5.82 Å². The molecule has 0 atom stereocenters. The van der Waals surface area contributed by atoms with Crippen molar-refractivity contribution in [2.45, 2.75) is 27.7 Å². The molecule has 0 radical (unpaired) electrons. The molecule has 3 heteroatoms. The lowest BCUT2D eigenvalue weighted by molar-refractivity contribution is 0.588. The predicted octanol–water partition coefficient (Wildman–Crippen LogP) is 2.93. The number of aromatic nitrogens is 1. The number of hydrogen-bond acceptors (Lipinski definition) is 3. The Hall–Kier alpha value is -1.38. The number of rotatable bonds is 3. The van der Waals surface area contributed by atoms with Gasteiger partial charge in [0.2, 0.25) is 0 Å². The Morgan fingerprint density at radius 3 is 2.67 bits per heavy atom. The Balaban J connectivity index is 3.08. The van der Waals surface area contributed by atoms with Crippen LogP contribution in [0.25, 0.3) is 0 Å². The molecule has 0 aliphatic rings. The molecule has 0 bridgehead atoms. The molecular formula is C12H19N3. The van der Waals surface area contributed by atoms with Gasteiger partial charge in [-0.05, 0) is 19.1 Å². The van der Waals surface area contributed by atoms with Crippen LogP contribution in [0.1, 0.15) is 33.3 Å². The summed E-state index contributed by atoms with van der Waals surface area (Å²) in [6.45, 7) is 8.97. The minimum Gasteiger partial charge on any atom is -0.370 e. The molecule has 0 amide bonds. The van der Waals surface area contributed by atoms with E-state index in [0.717, 1.165) is 17.9 Å². The van der Waals surface area contributed by atoms with Gasteiger partial charge in [-0.3, -0.25) is 0 Å². The summed E-state index contributed by atoms with van der Waals surface area (Å²) in [5, 5.41) is 11.3. The van der Waals surface area contributed by atoms with E-state index >= 15 is 0 Å². The molecule has 1 aromatic rings. The summed E-state index contributed by atoms with van der Waals surface area (Å²) >= 11 is 0. The first-order valence-corrected chi connectivity index (χ1v) is 5.25. The second-order valence-corrected chi connectivity index (χ2v) is 4.55. The molecule has 1 aromatic heterocycles. The van der Waals surface area contributed by atoms with Crippen LogP contribution in [0.3, 0.4) is 0 Å². The molecule has 3 nitrogen and oxygen atoms in total. The topological polar surface area (TPSA) is 48.8 Å². The molecule has 0 aliphatic heterocycles. The van der Waals surface area contributed by atoms with Gasteiger partial charge in [-0.25, -0.2) is 4.98 Å². The maximum atomic E-state index is 8.12. The number of pyridine rings is 1. The lowest BCUT2D eigenvalue weighted by atomic mass is 9.86. The molecule has 1 rings (SSSR count). The highest BCUT2D eigenvalue weighted by atomic mass is 15.0. The van der Waals surface area contributed by atoms with Gasteiger partial charge in [-0.15, -0.1) is 0 Å². The monoisotopic (exact) mass is 205 g/mol. The molecule has 0 saturated carbocycles. The van der Waals surface area contributed by atoms with Crippen molar-refractivity contribution in [3.05, 3.63) is 23.9 Å². The van der Waals surface area contributed by atoms with Gasteiger partial charge in [0.25, 0.3) is 0 Å². The summed E-state index contributed by atoms with van der Waals surface area (Å²) < 4.78 is 0. The fourth-order valence-corrected chi connectivity index (χ4v) is 1.32. The molecular weight excluding hydrogens is 186 g/mol. The quantitative estimate of drug-likeness (QED) is 0.745. The van der Waals surface area contributed by atoms with Gasteiger partial charge < -0.3 is 10.7 Å². The Kier molecular flexibility index (Phi) is 3.45. The number of nitrogens with zero attached hydrogens (tertiary/aromatic N) is 1. The first-order valence-electron chi connectivity index (χ1n) is 5.25. The van der Waals surface area contributed by atoms with Gasteiger partial charge >= 0.3 is 0 Å². The zero-order valence-corrected chi connectivity index (χ0v) is 9.89. The summed E-state index contributed by atoms with van der Waals surface area (Å²) in [5.41, 5.74) is 1.37. The summed E-state index contributed by atoms with van der Waals surface area (Å²) in [5.74, 6) is 0.805. The van der Waals surface area contributed by atoms with E-state index in [1.54, 1.807) is 6.20 Å². The highest BCUT2D eigenvalue weighted by Gasteiger charge is 2.21. The molecule has 2 N–H and O–H groups in total. The molecule has 0 aliphatic carbocycles. The van der Waals surface area contributed by atoms with Gasteiger partial charge in [-0.1, -0.05) is 20.8 Å². The van der Waals surface area contributed by atoms with Crippen molar-refractivity contribution in [2.75, 3.05) is 11.9 Å². The van der Waals surface area contributed by atoms with E-state index in [-0.39, 0.29) is 5.41 Å². The maximum absolute atomic E-state index is 8.12. The number of hydrogen-bond donors (Lipinski definition) is 2. The third kappa shape index (κ3) is 2.78. The molecule has 0 aromatic carbocycles. The van der Waals surface area contributed by atoms with Crippen LogP contribution in [0.15, 0.2) is 18.3 Å². The Labute approximate surface area is 91.4 Å². The van der Waals surface area contributed by atoms with Crippen molar-refractivity contribution in [3.63, 3.8) is 0 Å². The van der Waals surface area contributed by atoms with Crippen molar-refractivity contribution >= 4 is 11.5 Å². The molecule has 0 fully saturated rings. The van der Waals surface area contributed by atoms with E-state index in [1.165, 1.54) is 0 Å². The number of anilines is 1. The average molecular weight is 205 g/mol. The minimum atomic E-state index is -0.146. The van der Waals surface area contributed by atoms with Gasteiger partial charge in [-0.2, -0.15) is 0 Å². The summed E-state index contributed by atoms with van der Waals surface area (Å²) in [6, 6.07) is 3.81. The normalized spacial score (nSPS) is 11.2. The van der Waals surface area contributed by atoms with Crippen LogP contribution in [0.5, 0.6) is 0 Å². The third-order valence-corrected chi connectivity index (χ3v) is 2.17. The van der Waals surface area contributed by atoms with Crippen LogP contribution in [0.4, 0.5) is 5.82 Å². The van der Waals surface area contributed by atoms with Crippen LogP contribution in [0, 0.1) is 10.8 Å². The molecule has 15 heavy (non-hydrogen) atoms. The zero-order valence-electron chi connectivity index (χ0n) is 9.89. The van der Waals surface area contributed by atoms with Gasteiger partial charge in [0, 0.05) is 29.4 Å². The van der Waals surface area contributed by atoms with Crippen LogP contribution in [0.2, 0.25) is 0 Å². The molecule has 82 valence electrons. The smallest absolute Gasteiger partial charge is 0.135 e. The van der Waals surface area contributed by atoms with E-state index < -0.39 is 0 Å². The SMILES string of the molecule is CCNc1ncccc1C(=N)C(C)(C)C. The highest BCUT2D eigenvalue weighted by molar-refractivity contribution is 6.05. The Bertz CT molecular complexity index is 350. The molecule has 1 heterocycles. The van der Waals surface area contributed by atoms with E-state index in [2.05, 4.69) is 10.3 Å². The second-order valence-electron chi connectivity index (χ2n) is 4.55. The summed E-state index contributed by atoms with van der Waals surface area (Å²) in [4.78, 5) is 4.25. The van der Waals surface area contributed by atoms with E-state index in [4.69, 9.17) is 5.41 Å². The first kappa shape index (κ1) is 11.7. The van der Waals surface area contributed by atoms with Crippen molar-refractivity contribution in [1.29, 1.82) is 5.41 Å². The minimum absolute atomic E-state index is 0.146. The Morgan fingerprint density at radius 2 is 2.13 bits per heavy atom. The molecule has 0 saturated heterocycles. The van der Waals surface area contributed by atoms with Crippen LogP contribution < -0.4 is 5.32 Å². The van der Waals surface area contributed by atoms with E-state index in [9.17, 15) is 0 Å². The standard InChI is InChI=1S/C12H19N3/c1-5-14-11-9(7-6-8-15-11)10(13)12(2,3)4/h6-8,13H,5H2,1-4H3,(H,14,15). The van der Waals surface area contributed by atoms with E-state index in [0.29, 0.717) is 5.71 Å².